The van der Waals surface area contributed by atoms with Gasteiger partial charge < -0.3 is 67.4 Å². The monoisotopic (exact) mass is 1750 g/mol. The number of fused-ring (bicyclic) bond motifs is 5. The quantitative estimate of drug-likeness (QED) is 0.0154. The van der Waals surface area contributed by atoms with E-state index in [-0.39, 0.29) is 202 Å². The van der Waals surface area contributed by atoms with E-state index in [9.17, 15) is 44.1 Å². The molecule has 8 aliphatic heterocycles. The first kappa shape index (κ1) is 88.2. The van der Waals surface area contributed by atoms with E-state index in [1.807, 2.05) is 20.8 Å². The Balaban J connectivity index is 0.000000369. The second-order valence-corrected chi connectivity index (χ2v) is 31.8. The van der Waals surface area contributed by atoms with Gasteiger partial charge >= 0.3 is 17.9 Å². The fourth-order valence-electron chi connectivity index (χ4n) is 13.1. The molecule has 0 aliphatic carbocycles. The van der Waals surface area contributed by atoms with Crippen LogP contribution in [0.1, 0.15) is 166 Å². The van der Waals surface area contributed by atoms with Gasteiger partial charge in [0.25, 0.3) is 0 Å². The van der Waals surface area contributed by atoms with E-state index in [2.05, 4.69) is 106 Å². The zero-order chi connectivity index (χ0) is 68.5. The Labute approximate surface area is 625 Å². The van der Waals surface area contributed by atoms with Crippen molar-refractivity contribution in [2.24, 2.45) is 23.7 Å². The van der Waals surface area contributed by atoms with Crippen molar-refractivity contribution in [3.05, 3.63) is 54.1 Å². The van der Waals surface area contributed by atoms with Crippen molar-refractivity contribution in [3.8, 4) is 11.8 Å². The predicted octanol–water partition coefficient (Wildman–Crippen LogP) is 12.6. The molecular weight excluding hydrogens is 1650 g/mol. The molecule has 24 atom stereocenters. The zero-order valence-electron chi connectivity index (χ0n) is 53.9. The molecule has 0 aromatic rings. The van der Waals surface area contributed by atoms with Gasteiger partial charge in [-0.15, -0.1) is 34.8 Å². The third-order valence-electron chi connectivity index (χ3n) is 18.4. The van der Waals surface area contributed by atoms with E-state index in [0.717, 1.165) is 30.0 Å². The van der Waals surface area contributed by atoms with Crippen LogP contribution in [0.15, 0.2) is 54.1 Å². The molecule has 0 saturated carbocycles. The van der Waals surface area contributed by atoms with Gasteiger partial charge in [-0.05, 0) is 173 Å². The number of halogens is 6. The standard InChI is InChI=1S/C23H32ClIO6.2C22H30ClIO7.3CH4/c1-13(25)11-16(24)5-6-17(26)7-9-19(27)22-14(2)15(3)23-20(31-22)10-8-18(30-23)12-21(28)29-4;2*1-11(24)8-13(23)4-5-14(25)9-17-19(27)22-21(31-17)12(2)20-16(30-22)7-6-15(29-20)10-18(26)28-3;;;/h14-16,18-20,22-23,27H,1,5-6,8,10-12H2,2-4H3;2*9,12-13,15-16,19-22,27H,1,4-8,10H2,2-3H3;3*1H4/b;17-9+;17-9-;;;/t14-,15+,16+,18+,19-,20-,22+,23+;2*12-,13+,15+,16-,19-,20+,21-,22?;;;/m000.../s1. The lowest BCUT2D eigenvalue weighted by Gasteiger charge is -2.49. The molecule has 546 valence electrons. The third-order valence-corrected chi connectivity index (χ3v) is 20.8. The number of allylic oxidation sites excluding steroid dienone is 5. The maximum atomic E-state index is 12.4. The number of rotatable bonds is 24. The summed E-state index contributed by atoms with van der Waals surface area (Å²) in [5, 5.41) is 31.6. The molecular formula is C70H104Cl3I3O20. The van der Waals surface area contributed by atoms with Crippen LogP contribution in [0.5, 0.6) is 0 Å². The largest absolute Gasteiger partial charge is 0.489 e. The van der Waals surface area contributed by atoms with Crippen molar-refractivity contribution in [2.45, 2.75) is 285 Å². The van der Waals surface area contributed by atoms with Gasteiger partial charge in [-0.3, -0.25) is 28.8 Å². The molecule has 26 heteroatoms. The van der Waals surface area contributed by atoms with Crippen molar-refractivity contribution >= 4 is 138 Å². The SMILES string of the molecule is C.C.C.C=C(I)C[C@H](Cl)CCC(=O)/C=C1/O[C@@H]2C(O[C@H]3CC[C@H](CC(=O)OC)O[C@@H]3[C@@H]2C)[C@H]1O.C=C(I)C[C@H](Cl)CCC(=O)/C=C1\O[C@@H]2C(O[C@H]3CC[C@H](CC(=O)OC)O[C@@H]3[C@@H]2C)[C@H]1O.C=C(I)C[C@H](Cl)CCC(=O)C#C[C@H](O)[C@@H]1O[C@H]2CC[C@H](CC(=O)OC)O[C@@H]2[C@H](C)[C@@H]1C. The number of hydrogen-bond acceptors (Lipinski definition) is 20. The van der Waals surface area contributed by atoms with Crippen molar-refractivity contribution in [1.82, 2.24) is 0 Å². The first-order valence-corrected chi connectivity index (χ1v) is 36.5. The summed E-state index contributed by atoms with van der Waals surface area (Å²) in [5.74, 6) is 4.22. The maximum Gasteiger partial charge on any atom is 0.308 e. The Bertz CT molecular complexity index is 2620. The van der Waals surface area contributed by atoms with E-state index in [4.69, 9.17) is 86.9 Å². The second kappa shape index (κ2) is 42.5. The normalized spacial score (nSPS) is 34.1. The fourth-order valence-corrected chi connectivity index (χ4v) is 16.4. The van der Waals surface area contributed by atoms with Gasteiger partial charge in [0, 0.05) is 59.4 Å². The maximum absolute atomic E-state index is 12.4. The summed E-state index contributed by atoms with van der Waals surface area (Å²) < 4.78 is 65.8. The second-order valence-electron chi connectivity index (χ2n) is 25.4. The highest BCUT2D eigenvalue weighted by atomic mass is 127. The van der Waals surface area contributed by atoms with Crippen LogP contribution >= 0.6 is 103 Å². The molecule has 0 amide bonds. The van der Waals surface area contributed by atoms with Crippen LogP contribution in [-0.4, -0.2) is 192 Å². The minimum atomic E-state index is -1.06. The van der Waals surface area contributed by atoms with Crippen molar-refractivity contribution < 1.29 is 96.2 Å². The summed E-state index contributed by atoms with van der Waals surface area (Å²) in [6.07, 6.45) is 4.67. The van der Waals surface area contributed by atoms with Crippen molar-refractivity contribution in [3.63, 3.8) is 0 Å². The van der Waals surface area contributed by atoms with Gasteiger partial charge in [-0.25, -0.2) is 0 Å². The molecule has 0 aromatic carbocycles. The zero-order valence-corrected chi connectivity index (χ0v) is 62.7. The molecule has 8 heterocycles. The molecule has 8 saturated heterocycles. The summed E-state index contributed by atoms with van der Waals surface area (Å²) in [7, 11) is 4.10. The average Bonchev–Trinajstić information content (AvgIpc) is 1.55. The van der Waals surface area contributed by atoms with E-state index in [0.29, 0.717) is 57.8 Å². The van der Waals surface area contributed by atoms with E-state index in [1.165, 1.54) is 33.5 Å². The van der Waals surface area contributed by atoms with Crippen molar-refractivity contribution in [1.29, 1.82) is 0 Å². The smallest absolute Gasteiger partial charge is 0.308 e. The van der Waals surface area contributed by atoms with E-state index < -0.39 is 48.8 Å². The molecule has 0 radical (unpaired) electrons. The number of ketones is 3. The van der Waals surface area contributed by atoms with Crippen LogP contribution in [0, 0.1) is 35.5 Å². The Morgan fingerprint density at radius 3 is 1.19 bits per heavy atom. The lowest BCUT2D eigenvalue weighted by atomic mass is 9.77. The Kier molecular flexibility index (Phi) is 39.1. The molecule has 0 spiro atoms. The first-order chi connectivity index (χ1) is 44.0. The van der Waals surface area contributed by atoms with E-state index >= 15 is 0 Å². The summed E-state index contributed by atoms with van der Waals surface area (Å²) >= 11 is 25.0. The summed E-state index contributed by atoms with van der Waals surface area (Å²) in [6.45, 7) is 19.5. The number of carbonyl (C=O) groups excluding carboxylic acids is 6. The molecule has 8 fully saturated rings. The topological polar surface area (TPSA) is 265 Å². The number of Topliss-reactive ketones (excluding diaryl/α,β-unsaturated/α-hetero) is 1. The van der Waals surface area contributed by atoms with Crippen LogP contribution in [0.4, 0.5) is 0 Å². The highest BCUT2D eigenvalue weighted by Gasteiger charge is 2.57. The van der Waals surface area contributed by atoms with Gasteiger partial charge in [-0.1, -0.05) is 75.6 Å². The lowest BCUT2D eigenvalue weighted by molar-refractivity contribution is -0.239. The van der Waals surface area contributed by atoms with Gasteiger partial charge in [0.05, 0.1) is 102 Å². The number of methoxy groups -OCH3 is 3. The summed E-state index contributed by atoms with van der Waals surface area (Å²) in [4.78, 5) is 71.6. The predicted molar refractivity (Wildman–Crippen MR) is 393 cm³/mol. The van der Waals surface area contributed by atoms with Crippen LogP contribution in [0.25, 0.3) is 0 Å². The van der Waals surface area contributed by atoms with E-state index in [1.54, 1.807) is 0 Å². The molecule has 2 unspecified atom stereocenters. The highest BCUT2D eigenvalue weighted by Crippen LogP contribution is 2.46. The third kappa shape index (κ3) is 26.0. The fraction of sp³-hybridized carbons (Fsp3) is 0.743. The molecule has 0 bridgehead atoms. The number of hydrogen-bond donors (Lipinski definition) is 3. The van der Waals surface area contributed by atoms with Crippen LogP contribution in [0.3, 0.4) is 0 Å². The highest BCUT2D eigenvalue weighted by molar-refractivity contribution is 14.1. The first-order valence-electron chi connectivity index (χ1n) is 32.0. The van der Waals surface area contributed by atoms with Crippen LogP contribution in [0.2, 0.25) is 0 Å². The molecule has 3 N–H and O–H groups in total. The molecule has 20 nitrogen and oxygen atoms in total. The summed E-state index contributed by atoms with van der Waals surface area (Å²) in [5.41, 5.74) is 0. The van der Waals surface area contributed by atoms with Gasteiger partial charge in [0.2, 0.25) is 5.78 Å². The Morgan fingerprint density at radius 1 is 0.510 bits per heavy atom. The lowest BCUT2D eigenvalue weighted by Crippen LogP contribution is -2.57. The Morgan fingerprint density at radius 2 is 0.844 bits per heavy atom. The minimum Gasteiger partial charge on any atom is -0.489 e. The Hall–Kier alpha value is -2.02. The number of alkyl halides is 3. The summed E-state index contributed by atoms with van der Waals surface area (Å²) in [6, 6.07) is 0. The number of carbonyl (C=O) groups is 6. The average molecular weight is 1750 g/mol. The van der Waals surface area contributed by atoms with Gasteiger partial charge in [0.15, 0.2) is 11.6 Å². The minimum absolute atomic E-state index is 0. The molecule has 96 heavy (non-hydrogen) atoms. The molecule has 8 rings (SSSR count). The number of ether oxygens (including phenoxy) is 11. The van der Waals surface area contributed by atoms with Crippen LogP contribution in [-0.2, 0) is 80.9 Å². The number of aliphatic hydroxyl groups excluding tert-OH is 3. The van der Waals surface area contributed by atoms with Gasteiger partial charge in [0.1, 0.15) is 54.2 Å². The van der Waals surface area contributed by atoms with Crippen molar-refractivity contribution in [2.75, 3.05) is 21.3 Å². The molecule has 0 aromatic heterocycles. The number of esters is 3. The van der Waals surface area contributed by atoms with Crippen LogP contribution < -0.4 is 0 Å². The van der Waals surface area contributed by atoms with Gasteiger partial charge in [-0.2, -0.15) is 0 Å². The number of aliphatic hydroxyl groups is 3. The molecule has 8 aliphatic rings.